The van der Waals surface area contributed by atoms with Gasteiger partial charge in [-0.1, -0.05) is 0 Å². The Labute approximate surface area is 158 Å². The number of quaternary nitrogens is 1. The summed E-state index contributed by atoms with van der Waals surface area (Å²) in [6.45, 7) is 1.75. The number of hydrogen-bond acceptors (Lipinski definition) is 6. The normalized spacial score (nSPS) is 11.9. The molecule has 0 aliphatic carbocycles. The van der Waals surface area contributed by atoms with Crippen molar-refractivity contribution in [2.45, 2.75) is 6.42 Å². The van der Waals surface area contributed by atoms with Crippen molar-refractivity contribution in [1.29, 1.82) is 0 Å². The summed E-state index contributed by atoms with van der Waals surface area (Å²) >= 11 is 0.791. The fraction of sp³-hybridized carbons (Fsp3) is 0.533. The number of nitrogens with two attached hydrogens (primary N) is 1. The van der Waals surface area contributed by atoms with E-state index < -0.39 is 40.4 Å². The number of nitrogen functional groups attached to an aromatic ring is 1. The Kier molecular flexibility index (Phi) is 8.75. The van der Waals surface area contributed by atoms with Crippen molar-refractivity contribution in [3.63, 3.8) is 0 Å². The summed E-state index contributed by atoms with van der Waals surface area (Å²) in [5, 5.41) is 10.6. The first-order valence-corrected chi connectivity index (χ1v) is 8.62. The molecule has 0 fully saturated rings. The molecule has 1 aromatic carbocycles. The van der Waals surface area contributed by atoms with Crippen molar-refractivity contribution in [2.24, 2.45) is 0 Å². The lowest BCUT2D eigenvalue weighted by Gasteiger charge is -2.30. The number of nitrogens with one attached hydrogen (secondary N) is 1. The smallest absolute Gasteiger partial charge is 0.257 e. The Bertz CT molecular complexity index is 650. The molecule has 0 saturated carbocycles. The van der Waals surface area contributed by atoms with Gasteiger partial charge in [-0.05, 0) is 7.05 Å². The van der Waals surface area contributed by atoms with Crippen molar-refractivity contribution in [3.8, 4) is 0 Å². The number of nitrogens with zero attached hydrogens (tertiary/aromatic N) is 2. The molecule has 0 aliphatic rings. The monoisotopic (exact) mass is 415 g/mol. The van der Waals surface area contributed by atoms with Gasteiger partial charge < -0.3 is 15.5 Å². The second-order valence-electron chi connectivity index (χ2n) is 6.54. The predicted octanol–water partition coefficient (Wildman–Crippen LogP) is 2.01. The van der Waals surface area contributed by atoms with Crippen molar-refractivity contribution in [3.05, 3.63) is 28.8 Å². The third-order valence-corrected chi connectivity index (χ3v) is 4.43. The van der Waals surface area contributed by atoms with Crippen LogP contribution in [0.4, 0.5) is 23.2 Å². The number of likely N-dealkylation sites (N-methyl/N-ethyl adjacent to an activating group) is 1. The number of hydrogen-bond donors (Lipinski definition) is 3. The van der Waals surface area contributed by atoms with Gasteiger partial charge in [0.1, 0.15) is 23.5 Å². The fourth-order valence-corrected chi connectivity index (χ4v) is 2.65. The van der Waals surface area contributed by atoms with Gasteiger partial charge in [0.15, 0.2) is 23.3 Å². The molecule has 0 spiro atoms. The topological polar surface area (TPSA) is 87.8 Å². The zero-order valence-electron chi connectivity index (χ0n) is 15.2. The molecule has 4 N–H and O–H groups in total. The molecule has 12 heteroatoms. The first kappa shape index (κ1) is 23.4. The maximum Gasteiger partial charge on any atom is 0.257 e. The molecule has 0 radical (unpaired) electrons. The predicted molar refractivity (Wildman–Crippen MR) is 93.4 cm³/mol. The minimum absolute atomic E-state index is 0.0304. The third kappa shape index (κ3) is 6.50. The Morgan fingerprint density at radius 1 is 1.19 bits per heavy atom. The van der Waals surface area contributed by atoms with Gasteiger partial charge in [0.05, 0.1) is 33.7 Å². The molecule has 7 nitrogen and oxygen atoms in total. The van der Waals surface area contributed by atoms with Crippen molar-refractivity contribution in [1.82, 2.24) is 9.62 Å². The molecule has 0 aromatic heterocycles. The molecule has 27 heavy (non-hydrogen) atoms. The lowest BCUT2D eigenvalue weighted by molar-refractivity contribution is -0.889. The molecule has 0 heterocycles. The molecule has 1 aromatic rings. The lowest BCUT2D eigenvalue weighted by Crippen LogP contribution is -2.46. The molecule has 1 amide bonds. The van der Waals surface area contributed by atoms with Crippen LogP contribution in [0.2, 0.25) is 0 Å². The van der Waals surface area contributed by atoms with E-state index in [1.54, 1.807) is 11.4 Å². The highest BCUT2D eigenvalue weighted by Gasteiger charge is 2.28. The van der Waals surface area contributed by atoms with E-state index in [9.17, 15) is 22.4 Å². The van der Waals surface area contributed by atoms with Gasteiger partial charge in [0.2, 0.25) is 0 Å². The average molecular weight is 415 g/mol. The second-order valence-corrected chi connectivity index (χ2v) is 7.46. The van der Waals surface area contributed by atoms with Crippen molar-refractivity contribution in [2.75, 3.05) is 53.1 Å². The summed E-state index contributed by atoms with van der Waals surface area (Å²) in [5.41, 5.74) is 2.25. The molecule has 0 atom stereocenters. The molecular formula is C15H23F4N4O3S+. The summed E-state index contributed by atoms with van der Waals surface area (Å²) in [4.78, 5) is 11.9. The summed E-state index contributed by atoms with van der Waals surface area (Å²) in [6.07, 6.45) is 0.742. The maximum atomic E-state index is 13.8. The van der Waals surface area contributed by atoms with Gasteiger partial charge in [-0.15, -0.1) is 4.33 Å². The van der Waals surface area contributed by atoms with Gasteiger partial charge in [0, 0.05) is 13.0 Å². The van der Waals surface area contributed by atoms with Gasteiger partial charge in [-0.3, -0.25) is 4.79 Å². The minimum atomic E-state index is -1.83. The molecule has 0 unspecified atom stereocenters. The SMILES string of the molecule is CN(CCC[N+](C)(C)CCNC(=O)c1c(F)c(F)c(N)c(F)c1F)SOO. The van der Waals surface area contributed by atoms with Crippen LogP contribution in [0.5, 0.6) is 0 Å². The van der Waals surface area contributed by atoms with E-state index in [4.69, 9.17) is 11.0 Å². The van der Waals surface area contributed by atoms with E-state index in [2.05, 4.69) is 9.65 Å². The summed E-state index contributed by atoms with van der Waals surface area (Å²) < 4.78 is 60.5. The van der Waals surface area contributed by atoms with E-state index in [1.165, 1.54) is 0 Å². The molecule has 0 bridgehead atoms. The van der Waals surface area contributed by atoms with Crippen LogP contribution in [0.3, 0.4) is 0 Å². The zero-order valence-corrected chi connectivity index (χ0v) is 16.0. The van der Waals surface area contributed by atoms with Crippen LogP contribution in [-0.4, -0.2) is 67.3 Å². The van der Waals surface area contributed by atoms with Gasteiger partial charge in [-0.25, -0.2) is 27.1 Å². The average Bonchev–Trinajstić information content (AvgIpc) is 2.58. The number of amides is 1. The van der Waals surface area contributed by atoms with Crippen LogP contribution in [0.1, 0.15) is 16.8 Å². The quantitative estimate of drug-likeness (QED) is 0.0792. The van der Waals surface area contributed by atoms with Crippen LogP contribution in [0, 0.1) is 23.3 Å². The summed E-state index contributed by atoms with van der Waals surface area (Å²) in [7, 11) is 5.49. The van der Waals surface area contributed by atoms with Crippen LogP contribution >= 0.6 is 12.2 Å². The molecule has 0 saturated heterocycles. The Balaban J connectivity index is 2.60. The number of rotatable bonds is 10. The first-order chi connectivity index (χ1) is 12.5. The highest BCUT2D eigenvalue weighted by Crippen LogP contribution is 2.25. The van der Waals surface area contributed by atoms with Gasteiger partial charge in [-0.2, -0.15) is 0 Å². The van der Waals surface area contributed by atoms with Gasteiger partial charge in [0.25, 0.3) is 5.91 Å². The number of carbonyl (C=O) groups excluding carboxylic acids is 1. The fourth-order valence-electron chi connectivity index (χ4n) is 2.34. The Morgan fingerprint density at radius 3 is 2.26 bits per heavy atom. The van der Waals surface area contributed by atoms with Crippen molar-refractivity contribution >= 4 is 23.8 Å². The van der Waals surface area contributed by atoms with E-state index in [-0.39, 0.29) is 6.54 Å². The Hall–Kier alpha value is -1.60. The second kappa shape index (κ2) is 10.1. The van der Waals surface area contributed by atoms with Gasteiger partial charge >= 0.3 is 0 Å². The van der Waals surface area contributed by atoms with Crippen LogP contribution in [-0.2, 0) is 4.33 Å². The number of carbonyl (C=O) groups is 1. The molecule has 0 aliphatic heterocycles. The highest BCUT2D eigenvalue weighted by atomic mass is 32.2. The minimum Gasteiger partial charge on any atom is -0.394 e. The number of anilines is 1. The molecular weight excluding hydrogens is 392 g/mol. The summed E-state index contributed by atoms with van der Waals surface area (Å²) in [6, 6.07) is 0. The van der Waals surface area contributed by atoms with Crippen LogP contribution in [0.15, 0.2) is 0 Å². The third-order valence-electron chi connectivity index (χ3n) is 3.92. The van der Waals surface area contributed by atoms with E-state index in [0.717, 1.165) is 18.6 Å². The standard InChI is InChI=1S/C15H22F4N4O3S/c1-22(27-26-25)6-4-7-23(2,3)8-5-21-15(24)9-10(16)12(18)14(20)13(19)11(9)17/h4-8,20H2,1-3H3,(H-,21,24,25)/p+1. The zero-order chi connectivity index (χ0) is 20.8. The van der Waals surface area contributed by atoms with Crippen LogP contribution < -0.4 is 11.1 Å². The first-order valence-electron chi connectivity index (χ1n) is 7.92. The van der Waals surface area contributed by atoms with Crippen LogP contribution in [0.25, 0.3) is 0 Å². The molecule has 1 rings (SSSR count). The van der Waals surface area contributed by atoms with Crippen molar-refractivity contribution < 1.29 is 36.4 Å². The van der Waals surface area contributed by atoms with E-state index in [0.29, 0.717) is 24.1 Å². The lowest BCUT2D eigenvalue weighted by atomic mass is 10.1. The largest absolute Gasteiger partial charge is 0.394 e. The highest BCUT2D eigenvalue weighted by molar-refractivity contribution is 7.92. The summed E-state index contributed by atoms with van der Waals surface area (Å²) in [5.74, 6) is -8.53. The molecule has 154 valence electrons. The number of benzene rings is 1. The maximum absolute atomic E-state index is 13.8. The van der Waals surface area contributed by atoms with E-state index >= 15 is 0 Å². The Morgan fingerprint density at radius 2 is 1.74 bits per heavy atom. The van der Waals surface area contributed by atoms with E-state index in [1.807, 2.05) is 14.1 Å². The number of halogens is 4.